The van der Waals surface area contributed by atoms with E-state index in [1.165, 1.54) is 19.1 Å². The summed E-state index contributed by atoms with van der Waals surface area (Å²) in [6, 6.07) is 3.26. The highest BCUT2D eigenvalue weighted by Gasteiger charge is 2.31. The van der Waals surface area contributed by atoms with Gasteiger partial charge in [-0.15, -0.1) is 11.8 Å². The molecule has 0 fully saturated rings. The smallest absolute Gasteiger partial charge is 0.398 e. The average Bonchev–Trinajstić information content (AvgIpc) is 2.26. The third kappa shape index (κ3) is 3.53. The minimum atomic E-state index is -4.39. The number of allylic oxidation sites excluding steroid dienone is 1. The van der Waals surface area contributed by atoms with Gasteiger partial charge in [0.15, 0.2) is 5.78 Å². The van der Waals surface area contributed by atoms with Crippen molar-refractivity contribution in [2.45, 2.75) is 18.0 Å². The molecule has 0 atom stereocenters. The number of carbonyl (C=O) groups is 1. The lowest BCUT2D eigenvalue weighted by Crippen LogP contribution is -2.07. The van der Waals surface area contributed by atoms with Gasteiger partial charge in [-0.3, -0.25) is 4.79 Å². The van der Waals surface area contributed by atoms with Crippen LogP contribution in [0.3, 0.4) is 0 Å². The quantitative estimate of drug-likeness (QED) is 0.679. The van der Waals surface area contributed by atoms with Gasteiger partial charge in [0.2, 0.25) is 0 Å². The molecule has 0 radical (unpaired) electrons. The van der Waals surface area contributed by atoms with E-state index in [-0.39, 0.29) is 11.5 Å². The molecule has 0 aliphatic heterocycles. The number of hydrogen-bond donors (Lipinski definition) is 1. The van der Waals surface area contributed by atoms with E-state index < -0.39 is 11.7 Å². The molecule has 2 N–H and O–H groups in total. The first-order valence-electron chi connectivity index (χ1n) is 4.99. The normalized spacial score (nSPS) is 12.6. The zero-order valence-electron chi connectivity index (χ0n) is 9.84. The average molecular weight is 275 g/mol. The van der Waals surface area contributed by atoms with Crippen molar-refractivity contribution >= 4 is 23.2 Å². The van der Waals surface area contributed by atoms with Gasteiger partial charge in [-0.25, -0.2) is 0 Å². The number of benzene rings is 1. The van der Waals surface area contributed by atoms with Gasteiger partial charge in [0.1, 0.15) is 0 Å². The molecule has 0 bridgehead atoms. The maximum Gasteiger partial charge on any atom is 0.416 e. The summed E-state index contributed by atoms with van der Waals surface area (Å²) in [5.74, 6) is -0.251. The van der Waals surface area contributed by atoms with Gasteiger partial charge < -0.3 is 5.73 Å². The first kappa shape index (κ1) is 14.6. The second-order valence-electron chi connectivity index (χ2n) is 3.62. The van der Waals surface area contributed by atoms with E-state index in [4.69, 9.17) is 5.73 Å². The van der Waals surface area contributed by atoms with Crippen LogP contribution in [0.25, 0.3) is 5.70 Å². The molecule has 98 valence electrons. The lowest BCUT2D eigenvalue weighted by atomic mass is 10.1. The highest BCUT2D eigenvalue weighted by molar-refractivity contribution is 7.98. The monoisotopic (exact) mass is 275 g/mol. The SMILES string of the molecule is CSc1cc(C(F)(F)F)ccc1/C(N)=C/C(C)=O. The first-order valence-corrected chi connectivity index (χ1v) is 6.21. The largest absolute Gasteiger partial charge is 0.416 e. The number of nitrogens with two attached hydrogens (primary N) is 1. The molecule has 1 aromatic carbocycles. The Balaban J connectivity index is 3.28. The van der Waals surface area contributed by atoms with Crippen LogP contribution in [0.2, 0.25) is 0 Å². The van der Waals surface area contributed by atoms with Crippen molar-refractivity contribution in [3.8, 4) is 0 Å². The Hall–Kier alpha value is -1.43. The van der Waals surface area contributed by atoms with E-state index in [0.717, 1.165) is 23.9 Å². The summed E-state index contributed by atoms with van der Waals surface area (Å²) in [6.07, 6.45) is -1.54. The van der Waals surface area contributed by atoms with E-state index in [1.54, 1.807) is 6.26 Å². The molecule has 1 rings (SSSR count). The van der Waals surface area contributed by atoms with Crippen LogP contribution in [0, 0.1) is 0 Å². The van der Waals surface area contributed by atoms with Crippen molar-refractivity contribution in [3.63, 3.8) is 0 Å². The first-order chi connectivity index (χ1) is 8.25. The second kappa shape index (κ2) is 5.48. The number of carbonyl (C=O) groups excluding carboxylic acids is 1. The third-order valence-electron chi connectivity index (χ3n) is 2.20. The molecule has 18 heavy (non-hydrogen) atoms. The van der Waals surface area contributed by atoms with Crippen LogP contribution in [-0.2, 0) is 11.0 Å². The lowest BCUT2D eigenvalue weighted by Gasteiger charge is -2.12. The van der Waals surface area contributed by atoms with Crippen LogP contribution in [0.15, 0.2) is 29.2 Å². The van der Waals surface area contributed by atoms with E-state index >= 15 is 0 Å². The minimum Gasteiger partial charge on any atom is -0.398 e. The summed E-state index contributed by atoms with van der Waals surface area (Å²) in [5, 5.41) is 0. The van der Waals surface area contributed by atoms with Crippen molar-refractivity contribution in [2.75, 3.05) is 6.26 Å². The number of alkyl halides is 3. The van der Waals surface area contributed by atoms with Gasteiger partial charge in [0.25, 0.3) is 0 Å². The summed E-state index contributed by atoms with van der Waals surface area (Å²) in [5.41, 5.74) is 5.55. The van der Waals surface area contributed by atoms with Gasteiger partial charge in [-0.05, 0) is 25.3 Å². The highest BCUT2D eigenvalue weighted by atomic mass is 32.2. The second-order valence-corrected chi connectivity index (χ2v) is 4.47. The number of ketones is 1. The maximum atomic E-state index is 12.5. The zero-order chi connectivity index (χ0) is 13.9. The van der Waals surface area contributed by atoms with Crippen molar-refractivity contribution < 1.29 is 18.0 Å². The Morgan fingerprint density at radius 3 is 2.44 bits per heavy atom. The summed E-state index contributed by atoms with van der Waals surface area (Å²) in [6.45, 7) is 1.33. The van der Waals surface area contributed by atoms with Crippen LogP contribution < -0.4 is 5.73 Å². The molecule has 0 saturated heterocycles. The molecule has 0 aromatic heterocycles. The van der Waals surface area contributed by atoms with E-state index in [0.29, 0.717) is 10.5 Å². The summed E-state index contributed by atoms with van der Waals surface area (Å²) >= 11 is 1.15. The molecular formula is C12H12F3NOS. The van der Waals surface area contributed by atoms with Crippen LogP contribution >= 0.6 is 11.8 Å². The summed E-state index contributed by atoms with van der Waals surface area (Å²) in [7, 11) is 0. The number of hydrogen-bond acceptors (Lipinski definition) is 3. The molecule has 1 aromatic rings. The van der Waals surface area contributed by atoms with Gasteiger partial charge in [-0.2, -0.15) is 13.2 Å². The zero-order valence-corrected chi connectivity index (χ0v) is 10.7. The number of halogens is 3. The Morgan fingerprint density at radius 2 is 2.00 bits per heavy atom. The maximum absolute atomic E-state index is 12.5. The Morgan fingerprint density at radius 1 is 1.39 bits per heavy atom. The summed E-state index contributed by atoms with van der Waals surface area (Å²) < 4.78 is 37.6. The van der Waals surface area contributed by atoms with Crippen molar-refractivity contribution in [3.05, 3.63) is 35.4 Å². The molecule has 2 nitrogen and oxygen atoms in total. The molecule has 0 saturated carbocycles. The van der Waals surface area contributed by atoms with E-state index in [9.17, 15) is 18.0 Å². The molecule has 0 spiro atoms. The molecule has 0 unspecified atom stereocenters. The van der Waals surface area contributed by atoms with E-state index in [1.807, 2.05) is 0 Å². The fraction of sp³-hybridized carbons (Fsp3) is 0.250. The Bertz CT molecular complexity index is 495. The molecule has 0 heterocycles. The third-order valence-corrected chi connectivity index (χ3v) is 2.98. The fourth-order valence-electron chi connectivity index (χ4n) is 1.40. The predicted molar refractivity (Wildman–Crippen MR) is 66.1 cm³/mol. The van der Waals surface area contributed by atoms with Gasteiger partial charge in [0.05, 0.1) is 5.56 Å². The van der Waals surface area contributed by atoms with Gasteiger partial charge in [-0.1, -0.05) is 6.07 Å². The summed E-state index contributed by atoms with van der Waals surface area (Å²) in [4.78, 5) is 11.3. The van der Waals surface area contributed by atoms with Gasteiger partial charge >= 0.3 is 6.18 Å². The fourth-order valence-corrected chi connectivity index (χ4v) is 2.05. The Kier molecular flexibility index (Phi) is 4.45. The molecule has 0 aliphatic rings. The minimum absolute atomic E-state index is 0.167. The number of thioether (sulfide) groups is 1. The predicted octanol–water partition coefficient (Wildman–Crippen LogP) is 3.32. The molecular weight excluding hydrogens is 263 g/mol. The van der Waals surface area contributed by atoms with Crippen molar-refractivity contribution in [1.29, 1.82) is 0 Å². The molecule has 0 amide bonds. The number of rotatable bonds is 3. The van der Waals surface area contributed by atoms with Gasteiger partial charge in [0, 0.05) is 22.2 Å². The van der Waals surface area contributed by atoms with E-state index in [2.05, 4.69) is 0 Å². The van der Waals surface area contributed by atoms with Crippen LogP contribution in [0.5, 0.6) is 0 Å². The molecule has 6 heteroatoms. The van der Waals surface area contributed by atoms with Crippen molar-refractivity contribution in [2.24, 2.45) is 5.73 Å². The standard InChI is InChI=1S/C12H12F3NOS/c1-7(17)5-10(16)9-4-3-8(12(13,14)15)6-11(9)18-2/h3-6H,16H2,1-2H3/b10-5-. The molecule has 0 aliphatic carbocycles. The van der Waals surface area contributed by atoms with Crippen LogP contribution in [0.4, 0.5) is 13.2 Å². The van der Waals surface area contributed by atoms with Crippen LogP contribution in [0.1, 0.15) is 18.1 Å². The topological polar surface area (TPSA) is 43.1 Å². The highest BCUT2D eigenvalue weighted by Crippen LogP contribution is 2.34. The lowest BCUT2D eigenvalue weighted by molar-refractivity contribution is -0.137. The van der Waals surface area contributed by atoms with Crippen LogP contribution in [-0.4, -0.2) is 12.0 Å². The Labute approximate surface area is 107 Å². The van der Waals surface area contributed by atoms with Crippen molar-refractivity contribution in [1.82, 2.24) is 0 Å².